The number of nitrogens with zero attached hydrogens (tertiary/aromatic N) is 3. The molecule has 3 aromatic rings. The van der Waals surface area contributed by atoms with E-state index in [4.69, 9.17) is 11.6 Å². The summed E-state index contributed by atoms with van der Waals surface area (Å²) in [5, 5.41) is 4.63. The highest BCUT2D eigenvalue weighted by Gasteiger charge is 2.35. The summed E-state index contributed by atoms with van der Waals surface area (Å²) in [6, 6.07) is 5.79. The molecule has 1 aliphatic carbocycles. The maximum atomic E-state index is 13.3. The van der Waals surface area contributed by atoms with Crippen LogP contribution in [0.1, 0.15) is 74.5 Å². The fraction of sp³-hybridized carbons (Fsp3) is 0.464. The molecule has 2 unspecified atom stereocenters. The first-order valence-corrected chi connectivity index (χ1v) is 12.9. The normalized spacial score (nSPS) is 17.3. The summed E-state index contributed by atoms with van der Waals surface area (Å²) < 4.78 is 42.1. The van der Waals surface area contributed by atoms with Crippen molar-refractivity contribution in [3.8, 4) is 11.8 Å². The van der Waals surface area contributed by atoms with Crippen molar-refractivity contribution in [2.24, 2.45) is 11.8 Å². The Labute approximate surface area is 220 Å². The van der Waals surface area contributed by atoms with Crippen LogP contribution in [0, 0.1) is 23.7 Å². The zero-order valence-electron chi connectivity index (χ0n) is 21.5. The lowest BCUT2D eigenvalue weighted by Crippen LogP contribution is -2.22. The predicted molar refractivity (Wildman–Crippen MR) is 141 cm³/mol. The number of Topliss-reactive ketones (excluding diaryl/α,β-unsaturated/α-hetero) is 1. The molecule has 198 valence electrons. The summed E-state index contributed by atoms with van der Waals surface area (Å²) in [6.07, 6.45) is 2.03. The molecule has 0 bridgehead atoms. The molecule has 2 heterocycles. The van der Waals surface area contributed by atoms with Gasteiger partial charge in [-0.15, -0.1) is 0 Å². The van der Waals surface area contributed by atoms with E-state index in [2.05, 4.69) is 31.7 Å². The van der Waals surface area contributed by atoms with Gasteiger partial charge in [0.05, 0.1) is 17.5 Å². The van der Waals surface area contributed by atoms with Gasteiger partial charge in [-0.1, -0.05) is 51.1 Å². The molecule has 2 aromatic heterocycles. The fourth-order valence-corrected chi connectivity index (χ4v) is 4.78. The first-order valence-electron chi connectivity index (χ1n) is 12.6. The van der Waals surface area contributed by atoms with Gasteiger partial charge in [0.15, 0.2) is 5.78 Å². The fourth-order valence-electron chi connectivity index (χ4n) is 4.59. The minimum absolute atomic E-state index is 0.326. The van der Waals surface area contributed by atoms with E-state index in [1.54, 1.807) is 13.8 Å². The van der Waals surface area contributed by atoms with Gasteiger partial charge >= 0.3 is 6.18 Å². The maximum absolute atomic E-state index is 13.3. The third-order valence-electron chi connectivity index (χ3n) is 6.36. The molecule has 4 rings (SSSR count). The van der Waals surface area contributed by atoms with Crippen LogP contribution in [0.15, 0.2) is 36.8 Å². The molecule has 1 saturated carbocycles. The number of nitrogens with one attached hydrogen (secondary N) is 1. The topological polar surface area (TPSA) is 59.8 Å². The summed E-state index contributed by atoms with van der Waals surface area (Å²) in [5.74, 6) is 5.24. The van der Waals surface area contributed by atoms with E-state index in [1.165, 1.54) is 18.5 Å². The Kier molecular flexibility index (Phi) is 9.74. The number of hydrogen-bond donors (Lipinski definition) is 1. The van der Waals surface area contributed by atoms with Gasteiger partial charge in [0.25, 0.3) is 0 Å². The molecule has 2 atom stereocenters. The number of ketones is 1. The monoisotopic (exact) mass is 532 g/mol. The standard InChI is InChI=1S/C26H26ClF3N4O.C2H6/c1-16(2)23(35)21-13-17(6-8-22(21)26(28,29)30)4-3-10-31-14-18-5-7-19(12-18)34-11-9-20-24(27)32-15-33-25(20)34;1-2/h6,8-9,11,13,15-16,18-19,31H,5,7,10,12,14H2,1-2H3;1-2H3. The van der Waals surface area contributed by atoms with Crippen molar-refractivity contribution < 1.29 is 18.0 Å². The molecule has 0 amide bonds. The van der Waals surface area contributed by atoms with Crippen LogP contribution < -0.4 is 5.32 Å². The van der Waals surface area contributed by atoms with Crippen molar-refractivity contribution in [3.05, 3.63) is 58.6 Å². The Morgan fingerprint density at radius 2 is 1.97 bits per heavy atom. The van der Waals surface area contributed by atoms with Crippen LogP contribution in [-0.4, -0.2) is 33.4 Å². The van der Waals surface area contributed by atoms with Gasteiger partial charge in [-0.25, -0.2) is 9.97 Å². The number of fused-ring (bicyclic) bond motifs is 1. The molecule has 37 heavy (non-hydrogen) atoms. The third kappa shape index (κ3) is 6.91. The first kappa shape index (κ1) is 28.7. The lowest BCUT2D eigenvalue weighted by atomic mass is 9.94. The SMILES string of the molecule is CC.CC(C)C(=O)c1cc(C#CCNCC2CCC(n3ccc4c(Cl)ncnc43)C2)ccc1C(F)(F)F. The number of carbonyl (C=O) groups excluding carboxylic acids is 1. The number of hydrogen-bond acceptors (Lipinski definition) is 4. The molecular formula is C28H32ClF3N4O. The Morgan fingerprint density at radius 1 is 1.22 bits per heavy atom. The van der Waals surface area contributed by atoms with Crippen molar-refractivity contribution in [1.29, 1.82) is 0 Å². The Bertz CT molecular complexity index is 1290. The van der Waals surface area contributed by atoms with E-state index >= 15 is 0 Å². The van der Waals surface area contributed by atoms with Crippen LogP contribution in [0.5, 0.6) is 0 Å². The lowest BCUT2D eigenvalue weighted by Gasteiger charge is -2.14. The summed E-state index contributed by atoms with van der Waals surface area (Å²) in [5.41, 5.74) is -0.000536. The number of alkyl halides is 3. The number of aromatic nitrogens is 3. The molecule has 1 fully saturated rings. The first-order chi connectivity index (χ1) is 17.6. The van der Waals surface area contributed by atoms with E-state index in [0.717, 1.165) is 42.9 Å². The van der Waals surface area contributed by atoms with Gasteiger partial charge in [-0.3, -0.25) is 4.79 Å². The lowest BCUT2D eigenvalue weighted by molar-refractivity contribution is -0.137. The van der Waals surface area contributed by atoms with Gasteiger partial charge in [-0.05, 0) is 56.0 Å². The predicted octanol–water partition coefficient (Wildman–Crippen LogP) is 6.95. The van der Waals surface area contributed by atoms with Crippen LogP contribution in [0.2, 0.25) is 5.15 Å². The summed E-state index contributed by atoms with van der Waals surface area (Å²) in [7, 11) is 0. The minimum atomic E-state index is -4.58. The number of carbonyl (C=O) groups is 1. The molecule has 0 spiro atoms. The second-order valence-electron chi connectivity index (χ2n) is 9.17. The summed E-state index contributed by atoms with van der Waals surface area (Å²) >= 11 is 6.16. The highest BCUT2D eigenvalue weighted by atomic mass is 35.5. The van der Waals surface area contributed by atoms with Crippen LogP contribution in [0.3, 0.4) is 0 Å². The van der Waals surface area contributed by atoms with Crippen molar-refractivity contribution >= 4 is 28.4 Å². The van der Waals surface area contributed by atoms with E-state index < -0.39 is 23.4 Å². The number of rotatable bonds is 6. The molecular weight excluding hydrogens is 501 g/mol. The minimum Gasteiger partial charge on any atom is -0.329 e. The van der Waals surface area contributed by atoms with Crippen molar-refractivity contribution in [2.75, 3.05) is 13.1 Å². The molecule has 1 N–H and O–H groups in total. The summed E-state index contributed by atoms with van der Waals surface area (Å²) in [4.78, 5) is 20.7. The van der Waals surface area contributed by atoms with Crippen molar-refractivity contribution in [2.45, 2.75) is 59.2 Å². The van der Waals surface area contributed by atoms with Gasteiger partial charge in [0, 0.05) is 29.3 Å². The quantitative estimate of drug-likeness (QED) is 0.161. The third-order valence-corrected chi connectivity index (χ3v) is 6.66. The van der Waals surface area contributed by atoms with Crippen molar-refractivity contribution in [3.63, 3.8) is 0 Å². The van der Waals surface area contributed by atoms with Crippen LogP contribution in [0.25, 0.3) is 11.0 Å². The highest BCUT2D eigenvalue weighted by molar-refractivity contribution is 6.33. The largest absolute Gasteiger partial charge is 0.417 e. The Balaban J connectivity index is 0.00000186. The molecule has 9 heteroatoms. The van der Waals surface area contributed by atoms with Crippen LogP contribution in [0.4, 0.5) is 13.2 Å². The smallest absolute Gasteiger partial charge is 0.329 e. The Morgan fingerprint density at radius 3 is 2.68 bits per heavy atom. The zero-order valence-corrected chi connectivity index (χ0v) is 22.2. The van der Waals surface area contributed by atoms with Gasteiger partial charge in [0.1, 0.15) is 17.1 Å². The second kappa shape index (κ2) is 12.6. The number of halogens is 4. The van der Waals surface area contributed by atoms with Crippen LogP contribution >= 0.6 is 11.6 Å². The number of benzene rings is 1. The average molecular weight is 533 g/mol. The van der Waals surface area contributed by atoms with Crippen molar-refractivity contribution in [1.82, 2.24) is 19.9 Å². The molecule has 1 aliphatic rings. The van der Waals surface area contributed by atoms with Gasteiger partial charge in [-0.2, -0.15) is 13.2 Å². The van der Waals surface area contributed by atoms with E-state index in [9.17, 15) is 18.0 Å². The Hall–Kier alpha value is -2.89. The van der Waals surface area contributed by atoms with E-state index in [-0.39, 0.29) is 5.56 Å². The maximum Gasteiger partial charge on any atom is 0.417 e. The average Bonchev–Trinajstić information content (AvgIpc) is 3.51. The molecule has 0 radical (unpaired) electrons. The van der Waals surface area contributed by atoms with E-state index in [0.29, 0.717) is 29.2 Å². The molecule has 0 saturated heterocycles. The van der Waals surface area contributed by atoms with Gasteiger partial charge in [0.2, 0.25) is 0 Å². The summed E-state index contributed by atoms with van der Waals surface area (Å²) in [6.45, 7) is 8.37. The molecule has 5 nitrogen and oxygen atoms in total. The highest BCUT2D eigenvalue weighted by Crippen LogP contribution is 2.37. The van der Waals surface area contributed by atoms with Crippen LogP contribution in [-0.2, 0) is 6.18 Å². The van der Waals surface area contributed by atoms with Gasteiger partial charge < -0.3 is 9.88 Å². The second-order valence-corrected chi connectivity index (χ2v) is 9.53. The van der Waals surface area contributed by atoms with E-state index in [1.807, 2.05) is 26.1 Å². The molecule has 0 aliphatic heterocycles. The zero-order chi connectivity index (χ0) is 27.2. The molecule has 1 aromatic carbocycles.